The first-order valence-corrected chi connectivity index (χ1v) is 10.7. The molecule has 3 aromatic heterocycles. The number of hydrogen-bond donors (Lipinski definition) is 1. The molecule has 0 atom stereocenters. The van der Waals surface area contributed by atoms with Crippen LogP contribution in [0.5, 0.6) is 17.5 Å². The van der Waals surface area contributed by atoms with Crippen LogP contribution in [0.3, 0.4) is 0 Å². The van der Waals surface area contributed by atoms with E-state index in [-0.39, 0.29) is 11.8 Å². The molecule has 0 bridgehead atoms. The Hall–Kier alpha value is -3.11. The standard InChI is InChI=1S/C21H16ClF3N4O2S/c22-15-10-32-20-18(15)19(27-12-28-20)26-9-8-13-4-6-14(7-5-13)31-17-3-1-2-16(29-17)30-11-21(23,24)25/h1-7,10,12H,8-9,11H2,(H,26,27,28). The first kappa shape index (κ1) is 22.1. The van der Waals surface area contributed by atoms with Crippen molar-refractivity contribution in [1.82, 2.24) is 15.0 Å². The van der Waals surface area contributed by atoms with Crippen LogP contribution in [0.25, 0.3) is 10.2 Å². The summed E-state index contributed by atoms with van der Waals surface area (Å²) in [4.78, 5) is 13.2. The van der Waals surface area contributed by atoms with Gasteiger partial charge in [0.25, 0.3) is 0 Å². The quantitative estimate of drug-likeness (QED) is 0.327. The van der Waals surface area contributed by atoms with Crippen LogP contribution in [0, 0.1) is 0 Å². The van der Waals surface area contributed by atoms with E-state index in [0.717, 1.165) is 22.2 Å². The highest BCUT2D eigenvalue weighted by molar-refractivity contribution is 7.17. The summed E-state index contributed by atoms with van der Waals surface area (Å²) in [7, 11) is 0. The third-order valence-corrected chi connectivity index (χ3v) is 5.57. The van der Waals surface area contributed by atoms with Gasteiger partial charge in [0.15, 0.2) is 6.61 Å². The maximum Gasteiger partial charge on any atom is 0.422 e. The smallest absolute Gasteiger partial charge is 0.422 e. The lowest BCUT2D eigenvalue weighted by molar-refractivity contribution is -0.154. The molecule has 0 amide bonds. The molecule has 6 nitrogen and oxygen atoms in total. The van der Waals surface area contributed by atoms with Crippen LogP contribution in [-0.2, 0) is 6.42 Å². The van der Waals surface area contributed by atoms with Crippen molar-refractivity contribution < 1.29 is 22.6 Å². The summed E-state index contributed by atoms with van der Waals surface area (Å²) in [6.07, 6.45) is -2.20. The van der Waals surface area contributed by atoms with Crippen LogP contribution in [0.1, 0.15) is 5.56 Å². The number of fused-ring (bicyclic) bond motifs is 1. The Kier molecular flexibility index (Phi) is 6.61. The molecule has 0 unspecified atom stereocenters. The molecule has 1 N–H and O–H groups in total. The van der Waals surface area contributed by atoms with Gasteiger partial charge in [-0.25, -0.2) is 9.97 Å². The zero-order valence-electron chi connectivity index (χ0n) is 16.4. The molecule has 166 valence electrons. The van der Waals surface area contributed by atoms with Gasteiger partial charge in [-0.2, -0.15) is 18.2 Å². The zero-order chi connectivity index (χ0) is 22.6. The molecule has 32 heavy (non-hydrogen) atoms. The average molecular weight is 481 g/mol. The van der Waals surface area contributed by atoms with Crippen LogP contribution >= 0.6 is 22.9 Å². The van der Waals surface area contributed by atoms with Crippen LogP contribution in [0.4, 0.5) is 19.0 Å². The van der Waals surface area contributed by atoms with E-state index in [2.05, 4.69) is 25.0 Å². The van der Waals surface area contributed by atoms with Gasteiger partial charge < -0.3 is 14.8 Å². The molecule has 0 aliphatic heterocycles. The second-order valence-electron chi connectivity index (χ2n) is 6.63. The highest BCUT2D eigenvalue weighted by Gasteiger charge is 2.28. The highest BCUT2D eigenvalue weighted by atomic mass is 35.5. The van der Waals surface area contributed by atoms with E-state index in [1.54, 1.807) is 12.1 Å². The summed E-state index contributed by atoms with van der Waals surface area (Å²) >= 11 is 7.68. The number of benzene rings is 1. The predicted molar refractivity (Wildman–Crippen MR) is 117 cm³/mol. The number of thiophene rings is 1. The molecule has 0 radical (unpaired) electrons. The van der Waals surface area contributed by atoms with Crippen molar-refractivity contribution in [3.05, 3.63) is 64.8 Å². The molecule has 1 aromatic carbocycles. The lowest BCUT2D eigenvalue weighted by Gasteiger charge is -2.10. The van der Waals surface area contributed by atoms with Crippen LogP contribution < -0.4 is 14.8 Å². The number of hydrogen-bond acceptors (Lipinski definition) is 7. The van der Waals surface area contributed by atoms with E-state index in [9.17, 15) is 13.2 Å². The summed E-state index contributed by atoms with van der Waals surface area (Å²) in [6, 6.07) is 11.7. The van der Waals surface area contributed by atoms with E-state index in [1.807, 2.05) is 17.5 Å². The topological polar surface area (TPSA) is 69.2 Å². The number of rotatable bonds is 8. The van der Waals surface area contributed by atoms with E-state index in [4.69, 9.17) is 16.3 Å². The Labute approximate surface area is 190 Å². The summed E-state index contributed by atoms with van der Waals surface area (Å²) in [5.74, 6) is 1.18. The van der Waals surface area contributed by atoms with Gasteiger partial charge >= 0.3 is 6.18 Å². The summed E-state index contributed by atoms with van der Waals surface area (Å²) in [6.45, 7) is -0.774. The predicted octanol–water partition coefficient (Wildman–Crippen LogP) is 6.13. The number of nitrogens with one attached hydrogen (secondary N) is 1. The van der Waals surface area contributed by atoms with Gasteiger partial charge in [-0.3, -0.25) is 0 Å². The molecule has 3 heterocycles. The molecule has 0 spiro atoms. The average Bonchev–Trinajstić information content (AvgIpc) is 3.15. The van der Waals surface area contributed by atoms with E-state index in [0.29, 0.717) is 23.1 Å². The Balaban J connectivity index is 1.32. The lowest BCUT2D eigenvalue weighted by Crippen LogP contribution is -2.19. The number of ether oxygens (including phenoxy) is 2. The van der Waals surface area contributed by atoms with Gasteiger partial charge in [0.05, 0.1) is 10.4 Å². The third kappa shape index (κ3) is 5.77. The van der Waals surface area contributed by atoms with Crippen molar-refractivity contribution in [1.29, 1.82) is 0 Å². The number of alkyl halides is 3. The molecule has 0 fully saturated rings. The lowest BCUT2D eigenvalue weighted by atomic mass is 10.1. The van der Waals surface area contributed by atoms with E-state index >= 15 is 0 Å². The number of anilines is 1. The van der Waals surface area contributed by atoms with Crippen LogP contribution in [0.15, 0.2) is 54.2 Å². The van der Waals surface area contributed by atoms with Crippen LogP contribution in [-0.4, -0.2) is 34.3 Å². The molecule has 0 saturated heterocycles. The Morgan fingerprint density at radius 3 is 2.59 bits per heavy atom. The Morgan fingerprint density at radius 2 is 1.81 bits per heavy atom. The van der Waals surface area contributed by atoms with E-state index < -0.39 is 12.8 Å². The number of nitrogens with zero attached hydrogens (tertiary/aromatic N) is 3. The molecule has 11 heteroatoms. The van der Waals surface area contributed by atoms with Gasteiger partial charge in [0, 0.05) is 24.1 Å². The number of halogens is 4. The van der Waals surface area contributed by atoms with Crippen molar-refractivity contribution in [2.24, 2.45) is 0 Å². The molecular weight excluding hydrogens is 465 g/mol. The first-order valence-electron chi connectivity index (χ1n) is 9.42. The van der Waals surface area contributed by atoms with Crippen molar-refractivity contribution in [3.8, 4) is 17.5 Å². The maximum absolute atomic E-state index is 12.3. The van der Waals surface area contributed by atoms with Gasteiger partial charge in [-0.05, 0) is 24.1 Å². The second kappa shape index (κ2) is 9.58. The largest absolute Gasteiger partial charge is 0.468 e. The minimum Gasteiger partial charge on any atom is -0.468 e. The fourth-order valence-corrected chi connectivity index (χ4v) is 3.97. The van der Waals surface area contributed by atoms with Gasteiger partial charge in [-0.15, -0.1) is 11.3 Å². The summed E-state index contributed by atoms with van der Waals surface area (Å²) in [5.41, 5.74) is 1.06. The molecule has 0 aliphatic carbocycles. The maximum atomic E-state index is 12.3. The van der Waals surface area contributed by atoms with Crippen molar-refractivity contribution in [3.63, 3.8) is 0 Å². The first-order chi connectivity index (χ1) is 15.4. The molecular formula is C21H16ClF3N4O2S. The third-order valence-electron chi connectivity index (χ3n) is 4.26. The van der Waals surface area contributed by atoms with E-state index in [1.165, 1.54) is 35.9 Å². The Bertz CT molecular complexity index is 1200. The minimum atomic E-state index is -4.43. The van der Waals surface area contributed by atoms with Gasteiger partial charge in [0.1, 0.15) is 22.7 Å². The molecule has 4 aromatic rings. The number of aromatic nitrogens is 3. The van der Waals surface area contributed by atoms with Crippen molar-refractivity contribution in [2.75, 3.05) is 18.5 Å². The van der Waals surface area contributed by atoms with Gasteiger partial charge in [0.2, 0.25) is 11.8 Å². The van der Waals surface area contributed by atoms with Crippen molar-refractivity contribution in [2.45, 2.75) is 12.6 Å². The monoisotopic (exact) mass is 480 g/mol. The summed E-state index contributed by atoms with van der Waals surface area (Å²) < 4.78 is 47.1. The normalized spacial score (nSPS) is 11.5. The fraction of sp³-hybridized carbons (Fsp3) is 0.190. The molecule has 0 saturated carbocycles. The fourth-order valence-electron chi connectivity index (χ4n) is 2.83. The molecule has 4 rings (SSSR count). The zero-order valence-corrected chi connectivity index (χ0v) is 18.0. The molecule has 0 aliphatic rings. The minimum absolute atomic E-state index is 0.138. The van der Waals surface area contributed by atoms with Crippen molar-refractivity contribution >= 4 is 39.0 Å². The Morgan fingerprint density at radius 1 is 1.03 bits per heavy atom. The van der Waals surface area contributed by atoms with Crippen LogP contribution in [0.2, 0.25) is 5.02 Å². The SMILES string of the molecule is FC(F)(F)COc1cccc(Oc2ccc(CCNc3ncnc4scc(Cl)c34)cc2)n1. The number of pyridine rings is 1. The van der Waals surface area contributed by atoms with Gasteiger partial charge in [-0.1, -0.05) is 29.8 Å². The highest BCUT2D eigenvalue weighted by Crippen LogP contribution is 2.32. The summed E-state index contributed by atoms with van der Waals surface area (Å²) in [5, 5.41) is 6.55. The second-order valence-corrected chi connectivity index (χ2v) is 7.89.